The van der Waals surface area contributed by atoms with Gasteiger partial charge in [0, 0.05) is 15.8 Å². The number of amides is 1. The highest BCUT2D eigenvalue weighted by Gasteiger charge is 2.18. The summed E-state index contributed by atoms with van der Waals surface area (Å²) in [6, 6.07) is 13.0. The van der Waals surface area contributed by atoms with Gasteiger partial charge < -0.3 is 10.1 Å². The van der Waals surface area contributed by atoms with E-state index in [2.05, 4.69) is 5.32 Å². The first kappa shape index (κ1) is 17.8. The van der Waals surface area contributed by atoms with Crippen LogP contribution in [0.1, 0.15) is 9.67 Å². The van der Waals surface area contributed by atoms with Gasteiger partial charge in [-0.25, -0.2) is 4.79 Å². The van der Waals surface area contributed by atoms with Crippen LogP contribution in [-0.2, 0) is 9.53 Å². The fourth-order valence-electron chi connectivity index (χ4n) is 2.23. The minimum absolute atomic E-state index is 0.0256. The molecule has 1 amide bonds. The summed E-state index contributed by atoms with van der Waals surface area (Å²) in [6.45, 7) is -0.563. The molecule has 1 N–H and O–H groups in total. The monoisotopic (exact) mass is 390 g/mol. The van der Waals surface area contributed by atoms with E-state index >= 15 is 0 Å². The fraction of sp³-hybridized carbons (Fsp3) is 0.0588. The Morgan fingerprint density at radius 1 is 1.19 bits per heavy atom. The molecule has 0 saturated carbocycles. The molecule has 2 aromatic carbocycles. The molecule has 26 heavy (non-hydrogen) atoms. The van der Waals surface area contributed by atoms with Crippen LogP contribution in [0.15, 0.2) is 48.5 Å². The van der Waals surface area contributed by atoms with Crippen molar-refractivity contribution in [1.29, 1.82) is 0 Å². The van der Waals surface area contributed by atoms with Gasteiger partial charge in [-0.2, -0.15) is 0 Å². The molecule has 7 nitrogen and oxygen atoms in total. The highest BCUT2D eigenvalue weighted by atomic mass is 35.5. The predicted molar refractivity (Wildman–Crippen MR) is 98.8 cm³/mol. The fourth-order valence-corrected chi connectivity index (χ4v) is 3.36. The Bertz CT molecular complexity index is 984. The Hall–Kier alpha value is -2.97. The van der Waals surface area contributed by atoms with Crippen molar-refractivity contribution in [3.63, 3.8) is 0 Å². The summed E-state index contributed by atoms with van der Waals surface area (Å²) in [6.07, 6.45) is 0. The van der Waals surface area contributed by atoms with Gasteiger partial charge in [0.1, 0.15) is 10.6 Å². The minimum atomic E-state index is -0.690. The number of halogens is 1. The van der Waals surface area contributed by atoms with Crippen molar-refractivity contribution in [1.82, 2.24) is 0 Å². The quantitative estimate of drug-likeness (QED) is 0.398. The van der Waals surface area contributed by atoms with E-state index in [-0.39, 0.29) is 16.4 Å². The van der Waals surface area contributed by atoms with Gasteiger partial charge in [-0.1, -0.05) is 29.8 Å². The molecule has 1 heterocycles. The van der Waals surface area contributed by atoms with Gasteiger partial charge >= 0.3 is 5.97 Å². The minimum Gasteiger partial charge on any atom is -0.451 e. The van der Waals surface area contributed by atoms with Crippen LogP contribution in [0, 0.1) is 10.1 Å². The van der Waals surface area contributed by atoms with E-state index in [1.165, 1.54) is 23.5 Å². The van der Waals surface area contributed by atoms with E-state index in [1.54, 1.807) is 6.07 Å². The number of benzene rings is 2. The number of hydrogen-bond acceptors (Lipinski definition) is 6. The first-order chi connectivity index (χ1) is 12.4. The predicted octanol–water partition coefficient (Wildman–Crippen LogP) is 4.26. The molecular formula is C17H11ClN2O5S. The van der Waals surface area contributed by atoms with Crippen LogP contribution in [0.3, 0.4) is 0 Å². The average molecular weight is 391 g/mol. The zero-order valence-corrected chi connectivity index (χ0v) is 14.7. The number of fused-ring (bicyclic) bond motifs is 1. The van der Waals surface area contributed by atoms with Crippen LogP contribution < -0.4 is 5.32 Å². The molecule has 1 aromatic heterocycles. The van der Waals surface area contributed by atoms with Crippen LogP contribution in [0.25, 0.3) is 10.1 Å². The van der Waals surface area contributed by atoms with Gasteiger partial charge in [-0.15, -0.1) is 11.3 Å². The van der Waals surface area contributed by atoms with Crippen molar-refractivity contribution in [2.24, 2.45) is 0 Å². The number of nitrogens with zero attached hydrogens (tertiary/aromatic N) is 1. The van der Waals surface area contributed by atoms with Crippen LogP contribution >= 0.6 is 22.9 Å². The SMILES string of the molecule is O=C(COC(=O)c1cc2ccccc2s1)Nc1ccc(Cl)cc1[N+](=O)[O-]. The normalized spacial score (nSPS) is 10.5. The number of nitro groups is 1. The number of hydrogen-bond donors (Lipinski definition) is 1. The Morgan fingerprint density at radius 2 is 1.96 bits per heavy atom. The number of nitrogens with one attached hydrogen (secondary N) is 1. The van der Waals surface area contributed by atoms with Crippen LogP contribution in [0.5, 0.6) is 0 Å². The van der Waals surface area contributed by atoms with E-state index < -0.39 is 23.4 Å². The molecule has 0 spiro atoms. The van der Waals surface area contributed by atoms with Gasteiger partial charge in [0.15, 0.2) is 6.61 Å². The van der Waals surface area contributed by atoms with Crippen molar-refractivity contribution >= 4 is 56.3 Å². The van der Waals surface area contributed by atoms with Crippen molar-refractivity contribution < 1.29 is 19.2 Å². The van der Waals surface area contributed by atoms with E-state index in [0.717, 1.165) is 16.2 Å². The summed E-state index contributed by atoms with van der Waals surface area (Å²) >= 11 is 6.97. The molecule has 0 saturated heterocycles. The largest absolute Gasteiger partial charge is 0.451 e. The molecule has 0 aliphatic heterocycles. The highest BCUT2D eigenvalue weighted by Crippen LogP contribution is 2.28. The maximum absolute atomic E-state index is 12.1. The zero-order chi connectivity index (χ0) is 18.7. The molecule has 9 heteroatoms. The van der Waals surface area contributed by atoms with Crippen LogP contribution in [0.4, 0.5) is 11.4 Å². The Balaban J connectivity index is 1.64. The second kappa shape index (κ2) is 7.51. The summed E-state index contributed by atoms with van der Waals surface area (Å²) in [5.74, 6) is -1.32. The maximum atomic E-state index is 12.1. The van der Waals surface area contributed by atoms with Crippen LogP contribution in [0.2, 0.25) is 5.02 Å². The third-order valence-electron chi connectivity index (χ3n) is 3.39. The molecule has 0 aliphatic carbocycles. The molecule has 0 fully saturated rings. The van der Waals surface area contributed by atoms with E-state index in [0.29, 0.717) is 4.88 Å². The third-order valence-corrected chi connectivity index (χ3v) is 4.72. The summed E-state index contributed by atoms with van der Waals surface area (Å²) in [7, 11) is 0. The Kier molecular flexibility index (Phi) is 5.15. The number of rotatable bonds is 5. The molecule has 132 valence electrons. The van der Waals surface area contributed by atoms with E-state index in [9.17, 15) is 19.7 Å². The first-order valence-electron chi connectivity index (χ1n) is 7.33. The van der Waals surface area contributed by atoms with Crippen molar-refractivity contribution in [3.8, 4) is 0 Å². The van der Waals surface area contributed by atoms with Crippen molar-refractivity contribution in [3.05, 3.63) is 68.5 Å². The average Bonchev–Trinajstić information content (AvgIpc) is 3.05. The number of ether oxygens (including phenoxy) is 1. The van der Waals surface area contributed by atoms with Crippen molar-refractivity contribution in [2.45, 2.75) is 0 Å². The first-order valence-corrected chi connectivity index (χ1v) is 8.53. The number of carbonyl (C=O) groups is 2. The van der Waals surface area contributed by atoms with Gasteiger partial charge in [0.2, 0.25) is 0 Å². The lowest BCUT2D eigenvalue weighted by Crippen LogP contribution is -2.21. The Labute approximate surface area is 156 Å². The molecule has 0 aliphatic rings. The lowest BCUT2D eigenvalue weighted by Gasteiger charge is -2.06. The second-order valence-electron chi connectivity index (χ2n) is 5.19. The number of esters is 1. The molecule has 3 rings (SSSR count). The highest BCUT2D eigenvalue weighted by molar-refractivity contribution is 7.20. The molecule has 0 atom stereocenters. The number of thiophene rings is 1. The molecule has 0 radical (unpaired) electrons. The topological polar surface area (TPSA) is 98.5 Å². The van der Waals surface area contributed by atoms with Gasteiger partial charge in [-0.05, 0) is 29.7 Å². The summed E-state index contributed by atoms with van der Waals surface area (Å²) < 4.78 is 5.91. The molecule has 3 aromatic rings. The van der Waals surface area contributed by atoms with E-state index in [1.807, 2.05) is 24.3 Å². The van der Waals surface area contributed by atoms with Gasteiger partial charge in [0.05, 0.1) is 4.92 Å². The molecule has 0 unspecified atom stereocenters. The molecular weight excluding hydrogens is 380 g/mol. The zero-order valence-electron chi connectivity index (χ0n) is 13.1. The summed E-state index contributed by atoms with van der Waals surface area (Å²) in [4.78, 5) is 34.7. The standard InChI is InChI=1S/C17H11ClN2O5S/c18-11-5-6-12(13(8-11)20(23)24)19-16(21)9-25-17(22)15-7-10-3-1-2-4-14(10)26-15/h1-8H,9H2,(H,19,21). The number of carbonyl (C=O) groups excluding carboxylic acids is 2. The summed E-state index contributed by atoms with van der Waals surface area (Å²) in [5, 5.41) is 14.4. The van der Waals surface area contributed by atoms with Gasteiger partial charge in [0.25, 0.3) is 11.6 Å². The maximum Gasteiger partial charge on any atom is 0.348 e. The molecule has 0 bridgehead atoms. The number of anilines is 1. The lowest BCUT2D eigenvalue weighted by molar-refractivity contribution is -0.383. The lowest BCUT2D eigenvalue weighted by atomic mass is 10.2. The van der Waals surface area contributed by atoms with Gasteiger partial charge in [-0.3, -0.25) is 14.9 Å². The smallest absolute Gasteiger partial charge is 0.348 e. The second-order valence-corrected chi connectivity index (χ2v) is 6.71. The number of nitro benzene ring substituents is 1. The summed E-state index contributed by atoms with van der Waals surface area (Å²) in [5.41, 5.74) is -0.371. The van der Waals surface area contributed by atoms with Crippen molar-refractivity contribution in [2.75, 3.05) is 11.9 Å². The van der Waals surface area contributed by atoms with Crippen LogP contribution in [-0.4, -0.2) is 23.4 Å². The Morgan fingerprint density at radius 3 is 2.69 bits per heavy atom. The third kappa shape index (κ3) is 3.98. The van der Waals surface area contributed by atoms with E-state index in [4.69, 9.17) is 16.3 Å².